The second-order valence-electron chi connectivity index (χ2n) is 7.59. The lowest BCUT2D eigenvalue weighted by molar-refractivity contribution is 0.139. The molecule has 144 valence electrons. The predicted molar refractivity (Wildman–Crippen MR) is 109 cm³/mol. The molecule has 1 aliphatic rings. The number of aromatic nitrogens is 1. The molecule has 2 heterocycles. The van der Waals surface area contributed by atoms with Crippen LogP contribution in [0.25, 0.3) is 0 Å². The first-order chi connectivity index (χ1) is 12.0. The Morgan fingerprint density at radius 3 is 2.38 bits per heavy atom. The minimum atomic E-state index is -2.03. The van der Waals surface area contributed by atoms with Gasteiger partial charge >= 0.3 is 0 Å². The van der Waals surface area contributed by atoms with Gasteiger partial charge in [0.2, 0.25) is 5.88 Å². The molecule has 0 bridgehead atoms. The first-order valence-corrected chi connectivity index (χ1v) is 12.0. The Morgan fingerprint density at radius 1 is 1.19 bits per heavy atom. The zero-order valence-electron chi connectivity index (χ0n) is 16.3. The molecule has 5 nitrogen and oxygen atoms in total. The molecule has 0 N–H and O–H groups in total. The fourth-order valence-electron chi connectivity index (χ4n) is 2.21. The monoisotopic (exact) mass is 416 g/mol. The van der Waals surface area contributed by atoms with Gasteiger partial charge < -0.3 is 18.8 Å². The minimum absolute atomic E-state index is 0.0603. The zero-order valence-corrected chi connectivity index (χ0v) is 18.8. The Bertz CT molecular complexity index is 730. The van der Waals surface area contributed by atoms with E-state index in [1.165, 1.54) is 6.20 Å². The Labute approximate surface area is 166 Å². The van der Waals surface area contributed by atoms with Crippen molar-refractivity contribution in [3.63, 3.8) is 0 Å². The number of methoxy groups -OCH3 is 2. The Kier molecular flexibility index (Phi) is 6.33. The van der Waals surface area contributed by atoms with Crippen LogP contribution in [-0.2, 0) is 9.16 Å². The summed E-state index contributed by atoms with van der Waals surface area (Å²) in [6.45, 7) is 10.9. The molecule has 2 rings (SSSR count). The fourth-order valence-corrected chi connectivity index (χ4v) is 3.66. The van der Waals surface area contributed by atoms with E-state index in [1.807, 2.05) is 11.0 Å². The summed E-state index contributed by atoms with van der Waals surface area (Å²) in [5.41, 5.74) is 0.660. The van der Waals surface area contributed by atoms with Crippen molar-refractivity contribution in [2.24, 2.45) is 0 Å². The Balaban J connectivity index is 2.40. The normalized spacial score (nSPS) is 18.3. The number of nitrogens with zero attached hydrogens (tertiary/aromatic N) is 2. The van der Waals surface area contributed by atoms with Crippen LogP contribution >= 0.6 is 23.2 Å². The summed E-state index contributed by atoms with van der Waals surface area (Å²) in [5.74, 6) is 1.06. The number of ether oxygens (including phenoxy) is 2. The highest BCUT2D eigenvalue weighted by Gasteiger charge is 2.40. The molecule has 0 saturated heterocycles. The highest BCUT2D eigenvalue weighted by atomic mass is 35.5. The number of rotatable bonds is 5. The van der Waals surface area contributed by atoms with Gasteiger partial charge in [-0.25, -0.2) is 4.98 Å². The maximum absolute atomic E-state index is 6.54. The summed E-state index contributed by atoms with van der Waals surface area (Å²) in [4.78, 5) is 6.03. The summed E-state index contributed by atoms with van der Waals surface area (Å²) in [6, 6.07) is 1.76. The van der Waals surface area contributed by atoms with Crippen molar-refractivity contribution in [3.8, 4) is 5.88 Å². The third kappa shape index (κ3) is 4.36. The highest BCUT2D eigenvalue weighted by Crippen LogP contribution is 2.41. The lowest BCUT2D eigenvalue weighted by Crippen LogP contribution is -2.42. The number of anilines is 1. The van der Waals surface area contributed by atoms with Crippen LogP contribution in [0.1, 0.15) is 20.8 Å². The van der Waals surface area contributed by atoms with E-state index in [2.05, 4.69) is 38.8 Å². The number of hydrogen-bond acceptors (Lipinski definition) is 5. The maximum atomic E-state index is 6.54. The Morgan fingerprint density at radius 2 is 1.85 bits per heavy atom. The summed E-state index contributed by atoms with van der Waals surface area (Å²) in [7, 11) is 1.14. The number of halogens is 2. The largest absolute Gasteiger partial charge is 0.543 e. The first-order valence-electron chi connectivity index (χ1n) is 8.29. The van der Waals surface area contributed by atoms with Gasteiger partial charge in [0.05, 0.1) is 17.2 Å². The van der Waals surface area contributed by atoms with E-state index in [0.717, 1.165) is 0 Å². The van der Waals surface area contributed by atoms with Crippen molar-refractivity contribution in [1.29, 1.82) is 0 Å². The van der Waals surface area contributed by atoms with E-state index in [-0.39, 0.29) is 5.04 Å². The van der Waals surface area contributed by atoms with E-state index in [0.29, 0.717) is 27.4 Å². The molecule has 0 fully saturated rings. The van der Waals surface area contributed by atoms with Gasteiger partial charge in [0.15, 0.2) is 6.23 Å². The summed E-state index contributed by atoms with van der Waals surface area (Å²) >= 11 is 12.7. The van der Waals surface area contributed by atoms with E-state index in [4.69, 9.17) is 37.1 Å². The van der Waals surface area contributed by atoms with Gasteiger partial charge in [-0.05, 0) is 24.2 Å². The summed E-state index contributed by atoms with van der Waals surface area (Å²) in [6.07, 6.45) is 4.73. The Hall–Kier alpha value is -1.21. The molecule has 0 radical (unpaired) electrons. The van der Waals surface area contributed by atoms with Crippen LogP contribution in [0.4, 0.5) is 5.69 Å². The topological polar surface area (TPSA) is 43.8 Å². The van der Waals surface area contributed by atoms with Crippen molar-refractivity contribution in [2.45, 2.75) is 45.1 Å². The second-order valence-corrected chi connectivity index (χ2v) is 13.2. The third-order valence-corrected chi connectivity index (χ3v) is 9.57. The molecule has 0 spiro atoms. The van der Waals surface area contributed by atoms with Crippen LogP contribution in [0, 0.1) is 0 Å². The molecule has 1 unspecified atom stereocenters. The smallest absolute Gasteiger partial charge is 0.250 e. The molecule has 0 aromatic carbocycles. The van der Waals surface area contributed by atoms with Crippen LogP contribution in [0.3, 0.4) is 0 Å². The molecule has 1 aromatic heterocycles. The molecule has 0 saturated carbocycles. The van der Waals surface area contributed by atoms with Crippen LogP contribution in [0.5, 0.6) is 5.88 Å². The van der Waals surface area contributed by atoms with Gasteiger partial charge in [0.1, 0.15) is 11.4 Å². The predicted octanol–water partition coefficient (Wildman–Crippen LogP) is 5.52. The first kappa shape index (κ1) is 21.1. The quantitative estimate of drug-likeness (QED) is 0.590. The summed E-state index contributed by atoms with van der Waals surface area (Å²) in [5, 5.41) is 1.04. The van der Waals surface area contributed by atoms with E-state index >= 15 is 0 Å². The van der Waals surface area contributed by atoms with Crippen LogP contribution < -0.4 is 9.64 Å². The highest BCUT2D eigenvalue weighted by molar-refractivity contribution is 6.74. The van der Waals surface area contributed by atoms with Crippen LogP contribution in [-0.4, -0.2) is 33.7 Å². The number of allylic oxidation sites excluding steroid dienone is 1. The molecular formula is C18H26Cl2N2O3Si. The summed E-state index contributed by atoms with van der Waals surface area (Å²) < 4.78 is 17.4. The maximum Gasteiger partial charge on any atom is 0.250 e. The standard InChI is InChI=1S/C18H26Cl2N2O3Si/c1-18(2,3)26(6,7)25-15-9-16(23-4)22(11-13(15)20)14-8-12(19)10-21-17(14)24-5/h8-11,16H,1-7H3. The lowest BCUT2D eigenvalue weighted by Gasteiger charge is -2.39. The molecule has 0 amide bonds. The number of pyridine rings is 1. The van der Waals surface area contributed by atoms with Gasteiger partial charge in [-0.1, -0.05) is 44.0 Å². The minimum Gasteiger partial charge on any atom is -0.543 e. The van der Waals surface area contributed by atoms with Crippen LogP contribution in [0.15, 0.2) is 35.3 Å². The molecule has 1 aromatic rings. The van der Waals surface area contributed by atoms with Crippen molar-refractivity contribution in [1.82, 2.24) is 4.98 Å². The average molecular weight is 417 g/mol. The van der Waals surface area contributed by atoms with E-state index < -0.39 is 14.5 Å². The number of hydrogen-bond donors (Lipinski definition) is 0. The molecule has 26 heavy (non-hydrogen) atoms. The van der Waals surface area contributed by atoms with Gasteiger partial charge in [-0.2, -0.15) is 0 Å². The molecular weight excluding hydrogens is 391 g/mol. The lowest BCUT2D eigenvalue weighted by atomic mass is 10.2. The SMILES string of the molecule is COc1ncc(Cl)cc1N1C=C(Cl)C(O[Si](C)(C)C(C)(C)C)=CC1OC. The van der Waals surface area contributed by atoms with Crippen molar-refractivity contribution in [3.05, 3.63) is 40.4 Å². The molecule has 8 heteroatoms. The molecule has 0 aliphatic carbocycles. The van der Waals surface area contributed by atoms with E-state index in [1.54, 1.807) is 26.5 Å². The fraction of sp³-hybridized carbons (Fsp3) is 0.500. The van der Waals surface area contributed by atoms with Crippen LogP contribution in [0.2, 0.25) is 23.2 Å². The second kappa shape index (κ2) is 7.80. The average Bonchev–Trinajstić information content (AvgIpc) is 2.55. The van der Waals surface area contributed by atoms with Gasteiger partial charge in [0.25, 0.3) is 8.32 Å². The van der Waals surface area contributed by atoms with E-state index in [9.17, 15) is 0 Å². The zero-order chi connectivity index (χ0) is 19.7. The van der Waals surface area contributed by atoms with Gasteiger partial charge in [-0.3, -0.25) is 0 Å². The van der Waals surface area contributed by atoms with Gasteiger partial charge in [0, 0.05) is 25.6 Å². The van der Waals surface area contributed by atoms with Crippen molar-refractivity contribution in [2.75, 3.05) is 19.1 Å². The van der Waals surface area contributed by atoms with Crippen molar-refractivity contribution < 1.29 is 13.9 Å². The van der Waals surface area contributed by atoms with Gasteiger partial charge in [-0.15, -0.1) is 0 Å². The van der Waals surface area contributed by atoms with Crippen molar-refractivity contribution >= 4 is 37.2 Å². The third-order valence-electron chi connectivity index (χ3n) is 4.74. The molecule has 1 atom stereocenters. The molecule has 1 aliphatic heterocycles.